The van der Waals surface area contributed by atoms with Crippen molar-refractivity contribution in [2.45, 2.75) is 45.2 Å². The molecule has 0 bridgehead atoms. The van der Waals surface area contributed by atoms with Crippen molar-refractivity contribution in [3.63, 3.8) is 0 Å². The van der Waals surface area contributed by atoms with E-state index in [1.165, 1.54) is 12.5 Å². The zero-order valence-electron chi connectivity index (χ0n) is 15.0. The number of amides is 1. The highest BCUT2D eigenvalue weighted by Crippen LogP contribution is 2.27. The van der Waals surface area contributed by atoms with E-state index >= 15 is 0 Å². The van der Waals surface area contributed by atoms with E-state index in [1.807, 2.05) is 0 Å². The van der Waals surface area contributed by atoms with E-state index in [0.717, 1.165) is 25.1 Å². The van der Waals surface area contributed by atoms with E-state index in [2.05, 4.69) is 24.1 Å². The summed E-state index contributed by atoms with van der Waals surface area (Å²) in [7, 11) is 0. The molecular formula is C19H27ClF2N2O. The summed E-state index contributed by atoms with van der Waals surface area (Å²) in [6, 6.07) is 3.61. The molecule has 0 saturated carbocycles. The number of benzene rings is 1. The first kappa shape index (κ1) is 20.1. The first-order valence-electron chi connectivity index (χ1n) is 8.97. The molecule has 1 amide bonds. The monoisotopic (exact) mass is 372 g/mol. The lowest BCUT2D eigenvalue weighted by molar-refractivity contribution is 0.0491. The van der Waals surface area contributed by atoms with E-state index in [9.17, 15) is 13.6 Å². The fourth-order valence-electron chi connectivity index (χ4n) is 3.36. The van der Waals surface area contributed by atoms with E-state index in [0.29, 0.717) is 31.8 Å². The number of halogens is 3. The third-order valence-electron chi connectivity index (χ3n) is 4.79. The van der Waals surface area contributed by atoms with Crippen molar-refractivity contribution >= 4 is 17.5 Å². The van der Waals surface area contributed by atoms with Crippen LogP contribution >= 0.6 is 11.6 Å². The highest BCUT2D eigenvalue weighted by atomic mass is 35.5. The molecule has 1 aliphatic heterocycles. The number of carbonyl (C=O) groups is 1. The number of rotatable bonds is 7. The fraction of sp³-hybridized carbons (Fsp3) is 0.632. The molecule has 2 rings (SSSR count). The minimum Gasteiger partial charge on any atom is -0.349 e. The predicted molar refractivity (Wildman–Crippen MR) is 97.3 cm³/mol. The molecule has 140 valence electrons. The van der Waals surface area contributed by atoms with Gasteiger partial charge in [-0.3, -0.25) is 4.79 Å². The topological polar surface area (TPSA) is 32.3 Å². The number of likely N-dealkylation sites (tertiary alicyclic amines) is 1. The van der Waals surface area contributed by atoms with Gasteiger partial charge in [0.1, 0.15) is 11.5 Å². The Morgan fingerprint density at radius 1 is 1.36 bits per heavy atom. The molecule has 3 nitrogen and oxygen atoms in total. The maximum absolute atomic E-state index is 14.9. The summed E-state index contributed by atoms with van der Waals surface area (Å²) in [5.74, 6) is -0.464. The smallest absolute Gasteiger partial charge is 0.251 e. The van der Waals surface area contributed by atoms with Crippen molar-refractivity contribution in [2.75, 3.05) is 26.2 Å². The van der Waals surface area contributed by atoms with Gasteiger partial charge >= 0.3 is 0 Å². The third-order valence-corrected chi connectivity index (χ3v) is 5.01. The number of carbonyl (C=O) groups excluding carboxylic acids is 1. The molecule has 1 saturated heterocycles. The van der Waals surface area contributed by atoms with Crippen molar-refractivity contribution in [1.82, 2.24) is 10.2 Å². The van der Waals surface area contributed by atoms with Crippen molar-refractivity contribution in [3.05, 3.63) is 34.6 Å². The zero-order chi connectivity index (χ0) is 18.4. The molecule has 1 atom stereocenters. The van der Waals surface area contributed by atoms with Crippen LogP contribution in [0.25, 0.3) is 0 Å². The zero-order valence-corrected chi connectivity index (χ0v) is 15.7. The van der Waals surface area contributed by atoms with E-state index in [-0.39, 0.29) is 17.1 Å². The maximum Gasteiger partial charge on any atom is 0.251 e. The quantitative estimate of drug-likeness (QED) is 0.766. The van der Waals surface area contributed by atoms with Gasteiger partial charge < -0.3 is 10.2 Å². The summed E-state index contributed by atoms with van der Waals surface area (Å²) >= 11 is 5.75. The van der Waals surface area contributed by atoms with Gasteiger partial charge in [0.2, 0.25) is 0 Å². The highest BCUT2D eigenvalue weighted by molar-refractivity contribution is 6.31. The van der Waals surface area contributed by atoms with Crippen LogP contribution in [-0.2, 0) is 0 Å². The average Bonchev–Trinajstić information content (AvgIpc) is 2.54. The summed E-state index contributed by atoms with van der Waals surface area (Å²) in [6.07, 6.45) is 3.15. The van der Waals surface area contributed by atoms with Gasteiger partial charge in [0, 0.05) is 30.2 Å². The van der Waals surface area contributed by atoms with Crippen molar-refractivity contribution < 1.29 is 13.6 Å². The van der Waals surface area contributed by atoms with Crippen LogP contribution in [0.4, 0.5) is 8.78 Å². The predicted octanol–water partition coefficient (Wildman–Crippen LogP) is 4.45. The first-order chi connectivity index (χ1) is 11.8. The van der Waals surface area contributed by atoms with E-state index in [4.69, 9.17) is 11.6 Å². The molecule has 1 aromatic rings. The van der Waals surface area contributed by atoms with Crippen molar-refractivity contribution in [3.8, 4) is 0 Å². The number of nitrogens with zero attached hydrogens (tertiary/aromatic N) is 1. The van der Waals surface area contributed by atoms with Gasteiger partial charge in [-0.1, -0.05) is 31.9 Å². The summed E-state index contributed by atoms with van der Waals surface area (Å²) in [6.45, 7) is 6.74. The molecule has 1 heterocycles. The summed E-state index contributed by atoms with van der Waals surface area (Å²) in [5, 5.41) is 2.73. The Morgan fingerprint density at radius 2 is 2.04 bits per heavy atom. The molecule has 1 N–H and O–H groups in total. The van der Waals surface area contributed by atoms with Gasteiger partial charge in [-0.15, -0.1) is 0 Å². The third kappa shape index (κ3) is 6.23. The molecule has 0 aliphatic carbocycles. The van der Waals surface area contributed by atoms with E-state index < -0.39 is 17.4 Å². The Bertz CT molecular complexity index is 569. The lowest BCUT2D eigenvalue weighted by Gasteiger charge is -2.37. The lowest BCUT2D eigenvalue weighted by Crippen LogP contribution is -2.49. The molecule has 6 heteroatoms. The Labute approximate surface area is 153 Å². The van der Waals surface area contributed by atoms with Gasteiger partial charge in [-0.25, -0.2) is 8.78 Å². The second kappa shape index (κ2) is 8.95. The van der Waals surface area contributed by atoms with Gasteiger partial charge in [0.25, 0.3) is 5.91 Å². The standard InChI is InChI=1S/C19H27ClF2N2O/c1-3-4-14(2)12-24-7-5-19(22,6-8-24)13-23-18(25)15-9-16(20)11-17(21)10-15/h9-11,14H,3-8,12-13H2,1-2H3,(H,23,25). The van der Waals surface area contributed by atoms with Gasteiger partial charge in [0.15, 0.2) is 0 Å². The molecule has 1 aromatic carbocycles. The van der Waals surface area contributed by atoms with Gasteiger partial charge in [-0.05, 0) is 43.4 Å². The molecule has 1 aliphatic rings. The Kier molecular flexibility index (Phi) is 7.20. The molecular weight excluding hydrogens is 346 g/mol. The second-order valence-corrected chi connectivity index (χ2v) is 7.62. The highest BCUT2D eigenvalue weighted by Gasteiger charge is 2.35. The minimum atomic E-state index is -1.41. The number of alkyl halides is 1. The van der Waals surface area contributed by atoms with Crippen LogP contribution in [0, 0.1) is 11.7 Å². The molecule has 0 radical (unpaired) electrons. The van der Waals surface area contributed by atoms with Crippen LogP contribution in [0.3, 0.4) is 0 Å². The second-order valence-electron chi connectivity index (χ2n) is 7.19. The summed E-state index contributed by atoms with van der Waals surface area (Å²) in [5.41, 5.74) is -1.29. The van der Waals surface area contributed by atoms with Crippen LogP contribution < -0.4 is 5.32 Å². The summed E-state index contributed by atoms with van der Waals surface area (Å²) < 4.78 is 28.2. The van der Waals surface area contributed by atoms with Crippen LogP contribution in [0.1, 0.15) is 49.9 Å². The largest absolute Gasteiger partial charge is 0.349 e. The summed E-state index contributed by atoms with van der Waals surface area (Å²) in [4.78, 5) is 14.4. The first-order valence-corrected chi connectivity index (χ1v) is 9.34. The Morgan fingerprint density at radius 3 is 2.64 bits per heavy atom. The molecule has 0 spiro atoms. The van der Waals surface area contributed by atoms with Gasteiger partial charge in [-0.2, -0.15) is 0 Å². The maximum atomic E-state index is 14.9. The molecule has 25 heavy (non-hydrogen) atoms. The lowest BCUT2D eigenvalue weighted by atomic mass is 9.92. The Hall–Kier alpha value is -1.20. The minimum absolute atomic E-state index is 0.0572. The number of nitrogens with one attached hydrogen (secondary N) is 1. The molecule has 1 unspecified atom stereocenters. The average molecular weight is 373 g/mol. The molecule has 0 aromatic heterocycles. The van der Waals surface area contributed by atoms with Gasteiger partial charge in [0.05, 0.1) is 6.54 Å². The van der Waals surface area contributed by atoms with Crippen LogP contribution in [0.15, 0.2) is 18.2 Å². The van der Waals surface area contributed by atoms with Crippen molar-refractivity contribution in [2.24, 2.45) is 5.92 Å². The van der Waals surface area contributed by atoms with Crippen LogP contribution in [-0.4, -0.2) is 42.7 Å². The van der Waals surface area contributed by atoms with Crippen LogP contribution in [0.2, 0.25) is 5.02 Å². The number of hydrogen-bond donors (Lipinski definition) is 1. The van der Waals surface area contributed by atoms with Crippen LogP contribution in [0.5, 0.6) is 0 Å². The fourth-order valence-corrected chi connectivity index (χ4v) is 3.59. The van der Waals surface area contributed by atoms with E-state index in [1.54, 1.807) is 0 Å². The van der Waals surface area contributed by atoms with Crippen molar-refractivity contribution in [1.29, 1.82) is 0 Å². The molecule has 1 fully saturated rings. The SMILES string of the molecule is CCCC(C)CN1CCC(F)(CNC(=O)c2cc(F)cc(Cl)c2)CC1. The number of piperidine rings is 1. The Balaban J connectivity index is 1.82. The number of hydrogen-bond acceptors (Lipinski definition) is 2. The normalized spacial score (nSPS) is 18.8.